The van der Waals surface area contributed by atoms with Crippen LogP contribution in [0.5, 0.6) is 5.75 Å². The minimum absolute atomic E-state index is 0.195. The highest BCUT2D eigenvalue weighted by Crippen LogP contribution is 2.17. The van der Waals surface area contributed by atoms with Crippen molar-refractivity contribution in [1.29, 1.82) is 0 Å². The van der Waals surface area contributed by atoms with E-state index in [0.29, 0.717) is 11.8 Å². The summed E-state index contributed by atoms with van der Waals surface area (Å²) < 4.78 is 5.62. The molecular weight excluding hydrogens is 238 g/mol. The Kier molecular flexibility index (Phi) is 4.27. The van der Waals surface area contributed by atoms with E-state index in [2.05, 4.69) is 19.2 Å². The summed E-state index contributed by atoms with van der Waals surface area (Å²) in [5.74, 6) is 2.22. The first-order valence-corrected chi connectivity index (χ1v) is 6.65. The van der Waals surface area contributed by atoms with Gasteiger partial charge in [-0.05, 0) is 57.0 Å². The molecule has 0 fully saturated rings. The molecule has 0 saturated carbocycles. The van der Waals surface area contributed by atoms with E-state index in [1.54, 1.807) is 12.1 Å². The van der Waals surface area contributed by atoms with Crippen LogP contribution < -0.4 is 5.32 Å². The van der Waals surface area contributed by atoms with Crippen molar-refractivity contribution in [2.45, 2.75) is 39.3 Å². The molecule has 2 N–H and O–H groups in total. The molecule has 0 aliphatic rings. The topological polar surface area (TPSA) is 45.4 Å². The molecule has 1 heterocycles. The number of nitrogens with one attached hydrogen (secondary N) is 1. The molecule has 2 rings (SSSR count). The maximum absolute atomic E-state index is 9.26. The number of benzene rings is 1. The normalized spacial score (nSPS) is 14.3. The van der Waals surface area contributed by atoms with Crippen LogP contribution in [-0.2, 0) is 6.42 Å². The van der Waals surface area contributed by atoms with Gasteiger partial charge in [0.2, 0.25) is 0 Å². The number of aromatic hydroxyl groups is 1. The Bertz CT molecular complexity index is 516. The smallest absolute Gasteiger partial charge is 0.120 e. The van der Waals surface area contributed by atoms with Gasteiger partial charge in [0, 0.05) is 6.04 Å². The molecule has 0 amide bonds. The van der Waals surface area contributed by atoms with E-state index < -0.39 is 0 Å². The lowest BCUT2D eigenvalue weighted by atomic mass is 10.1. The second kappa shape index (κ2) is 5.93. The van der Waals surface area contributed by atoms with E-state index in [1.165, 1.54) is 5.56 Å². The average Bonchev–Trinajstić information content (AvgIpc) is 2.79. The van der Waals surface area contributed by atoms with Gasteiger partial charge in [0.25, 0.3) is 0 Å². The van der Waals surface area contributed by atoms with Crippen molar-refractivity contribution in [3.8, 4) is 5.75 Å². The van der Waals surface area contributed by atoms with Gasteiger partial charge in [0.15, 0.2) is 0 Å². The SMILES string of the molecule is Cc1ccc(C(C)NC(C)Cc2ccc(O)cc2)o1. The zero-order valence-electron chi connectivity index (χ0n) is 11.7. The molecule has 0 spiro atoms. The van der Waals surface area contributed by atoms with Gasteiger partial charge in [-0.2, -0.15) is 0 Å². The molecule has 0 saturated heterocycles. The minimum Gasteiger partial charge on any atom is -0.508 e. The maximum atomic E-state index is 9.26. The number of furan rings is 1. The molecule has 0 aliphatic heterocycles. The van der Waals surface area contributed by atoms with Gasteiger partial charge in [-0.15, -0.1) is 0 Å². The molecule has 102 valence electrons. The molecule has 3 heteroatoms. The Morgan fingerprint density at radius 2 is 1.79 bits per heavy atom. The van der Waals surface area contributed by atoms with Gasteiger partial charge in [-0.3, -0.25) is 0 Å². The Labute approximate surface area is 114 Å². The Morgan fingerprint density at radius 1 is 1.11 bits per heavy atom. The molecule has 0 aliphatic carbocycles. The summed E-state index contributed by atoms with van der Waals surface area (Å²) in [6, 6.07) is 11.9. The maximum Gasteiger partial charge on any atom is 0.120 e. The molecule has 2 atom stereocenters. The zero-order chi connectivity index (χ0) is 13.8. The largest absolute Gasteiger partial charge is 0.508 e. The lowest BCUT2D eigenvalue weighted by Crippen LogP contribution is -2.30. The van der Waals surface area contributed by atoms with Gasteiger partial charge in [-0.1, -0.05) is 12.1 Å². The monoisotopic (exact) mass is 259 g/mol. The van der Waals surface area contributed by atoms with E-state index in [0.717, 1.165) is 17.9 Å². The third kappa shape index (κ3) is 3.86. The number of phenols is 1. The van der Waals surface area contributed by atoms with Crippen LogP contribution in [0.25, 0.3) is 0 Å². The summed E-state index contributed by atoms with van der Waals surface area (Å²) in [4.78, 5) is 0. The number of aryl methyl sites for hydroxylation is 1. The predicted molar refractivity (Wildman–Crippen MR) is 76.3 cm³/mol. The van der Waals surface area contributed by atoms with Crippen LogP contribution in [0.3, 0.4) is 0 Å². The average molecular weight is 259 g/mol. The van der Waals surface area contributed by atoms with Crippen molar-refractivity contribution in [3.63, 3.8) is 0 Å². The summed E-state index contributed by atoms with van der Waals surface area (Å²) in [5.41, 5.74) is 1.21. The quantitative estimate of drug-likeness (QED) is 0.862. The zero-order valence-corrected chi connectivity index (χ0v) is 11.7. The molecule has 1 aromatic heterocycles. The van der Waals surface area contributed by atoms with Crippen molar-refractivity contribution >= 4 is 0 Å². The summed E-state index contributed by atoms with van der Waals surface area (Å²) in [5, 5.41) is 12.8. The van der Waals surface area contributed by atoms with Gasteiger partial charge in [-0.25, -0.2) is 0 Å². The predicted octanol–water partition coefficient (Wildman–Crippen LogP) is 3.58. The van der Waals surface area contributed by atoms with Gasteiger partial charge < -0.3 is 14.8 Å². The standard InChI is InChI=1S/C16H21NO2/c1-11(10-14-5-7-15(18)8-6-14)17-13(3)16-9-4-12(2)19-16/h4-9,11,13,17-18H,10H2,1-3H3. The molecule has 19 heavy (non-hydrogen) atoms. The minimum atomic E-state index is 0.195. The van der Waals surface area contributed by atoms with Crippen molar-refractivity contribution < 1.29 is 9.52 Å². The van der Waals surface area contributed by atoms with Crippen LogP contribution in [-0.4, -0.2) is 11.1 Å². The lowest BCUT2D eigenvalue weighted by Gasteiger charge is -2.18. The lowest BCUT2D eigenvalue weighted by molar-refractivity contribution is 0.387. The number of hydrogen-bond donors (Lipinski definition) is 2. The second-order valence-corrected chi connectivity index (χ2v) is 5.11. The highest BCUT2D eigenvalue weighted by atomic mass is 16.3. The van der Waals surface area contributed by atoms with Crippen LogP contribution in [0.1, 0.15) is 37.0 Å². The van der Waals surface area contributed by atoms with Crippen molar-refractivity contribution in [2.75, 3.05) is 0 Å². The molecule has 0 bridgehead atoms. The van der Waals surface area contributed by atoms with Gasteiger partial charge in [0.1, 0.15) is 17.3 Å². The first-order chi connectivity index (χ1) is 9.04. The molecule has 1 aromatic carbocycles. The summed E-state index contributed by atoms with van der Waals surface area (Å²) >= 11 is 0. The van der Waals surface area contributed by atoms with E-state index in [9.17, 15) is 5.11 Å². The first kappa shape index (κ1) is 13.7. The first-order valence-electron chi connectivity index (χ1n) is 6.65. The van der Waals surface area contributed by atoms with Crippen molar-refractivity contribution in [2.24, 2.45) is 0 Å². The number of phenolic OH excluding ortho intramolecular Hbond substituents is 1. The van der Waals surface area contributed by atoms with E-state index in [1.807, 2.05) is 31.2 Å². The van der Waals surface area contributed by atoms with Crippen LogP contribution in [0.2, 0.25) is 0 Å². The fraction of sp³-hybridized carbons (Fsp3) is 0.375. The second-order valence-electron chi connectivity index (χ2n) is 5.11. The van der Waals surface area contributed by atoms with Gasteiger partial charge >= 0.3 is 0 Å². The molecule has 2 aromatic rings. The van der Waals surface area contributed by atoms with E-state index in [-0.39, 0.29) is 6.04 Å². The number of hydrogen-bond acceptors (Lipinski definition) is 3. The molecule has 2 unspecified atom stereocenters. The van der Waals surface area contributed by atoms with Crippen LogP contribution in [0.15, 0.2) is 40.8 Å². The summed E-state index contributed by atoms with van der Waals surface area (Å²) in [6.45, 7) is 6.21. The highest BCUT2D eigenvalue weighted by molar-refractivity contribution is 5.26. The fourth-order valence-corrected chi connectivity index (χ4v) is 2.24. The van der Waals surface area contributed by atoms with E-state index >= 15 is 0 Å². The Morgan fingerprint density at radius 3 is 2.37 bits per heavy atom. The summed E-state index contributed by atoms with van der Waals surface area (Å²) in [7, 11) is 0. The van der Waals surface area contributed by atoms with Crippen LogP contribution in [0.4, 0.5) is 0 Å². The number of rotatable bonds is 5. The van der Waals surface area contributed by atoms with Gasteiger partial charge in [0.05, 0.1) is 6.04 Å². The molecular formula is C16H21NO2. The molecule has 0 radical (unpaired) electrons. The highest BCUT2D eigenvalue weighted by Gasteiger charge is 2.12. The van der Waals surface area contributed by atoms with E-state index in [4.69, 9.17) is 4.42 Å². The van der Waals surface area contributed by atoms with Crippen LogP contribution in [0, 0.1) is 6.92 Å². The Hall–Kier alpha value is -1.74. The van der Waals surface area contributed by atoms with Crippen LogP contribution >= 0.6 is 0 Å². The fourth-order valence-electron chi connectivity index (χ4n) is 2.24. The van der Waals surface area contributed by atoms with Crippen molar-refractivity contribution in [3.05, 3.63) is 53.5 Å². The molecule has 3 nitrogen and oxygen atoms in total. The Balaban J connectivity index is 1.90. The third-order valence-electron chi connectivity index (χ3n) is 3.20. The third-order valence-corrected chi connectivity index (χ3v) is 3.20. The summed E-state index contributed by atoms with van der Waals surface area (Å²) in [6.07, 6.45) is 0.921. The van der Waals surface area contributed by atoms with Crippen molar-refractivity contribution in [1.82, 2.24) is 5.32 Å².